The second-order valence-corrected chi connectivity index (χ2v) is 6.29. The van der Waals surface area contributed by atoms with Crippen LogP contribution in [0, 0.1) is 13.8 Å². The number of aliphatic imine (C=N–C) groups is 1. The number of nitrogens with one attached hydrogen (secondary N) is 3. The number of amides is 1. The Morgan fingerprint density at radius 2 is 1.86 bits per heavy atom. The van der Waals surface area contributed by atoms with E-state index in [1.165, 1.54) is 0 Å². The predicted molar refractivity (Wildman–Crippen MR) is 123 cm³/mol. The number of nitrogens with zero attached hydrogens (tertiary/aromatic N) is 2. The molecule has 0 aliphatic heterocycles. The van der Waals surface area contributed by atoms with Crippen molar-refractivity contribution < 1.29 is 9.21 Å². The second kappa shape index (κ2) is 12.4. The van der Waals surface area contributed by atoms with E-state index >= 15 is 0 Å². The van der Waals surface area contributed by atoms with Crippen molar-refractivity contribution in [1.82, 2.24) is 15.6 Å². The van der Waals surface area contributed by atoms with Crippen LogP contribution in [0.3, 0.4) is 0 Å². The third kappa shape index (κ3) is 7.87. The quantitative estimate of drug-likeness (QED) is 0.291. The Kier molecular flexibility index (Phi) is 10.6. The molecule has 1 aromatic carbocycles. The summed E-state index contributed by atoms with van der Waals surface area (Å²) in [7, 11) is 0. The first-order valence-corrected chi connectivity index (χ1v) is 9.35. The fourth-order valence-corrected chi connectivity index (χ4v) is 2.43. The molecule has 0 radical (unpaired) electrons. The number of aromatic nitrogens is 1. The van der Waals surface area contributed by atoms with Gasteiger partial charge in [0.25, 0.3) is 0 Å². The summed E-state index contributed by atoms with van der Waals surface area (Å²) in [5, 5.41) is 9.32. The van der Waals surface area contributed by atoms with Crippen molar-refractivity contribution in [2.45, 2.75) is 53.6 Å². The molecule has 0 unspecified atom stereocenters. The summed E-state index contributed by atoms with van der Waals surface area (Å²) >= 11 is 0. The number of rotatable bonds is 8. The van der Waals surface area contributed by atoms with Crippen molar-refractivity contribution in [3.8, 4) is 0 Å². The van der Waals surface area contributed by atoms with Crippen LogP contribution >= 0.6 is 24.0 Å². The standard InChI is InChI=1S/C20H29N5O2.HI/c1-5-7-18(26)25-17-10-8-16(9-11-17)12-22-20(21-6-2)23-13-19-24-14(3)15(4)27-19;/h8-11H,5-7,12-13H2,1-4H3,(H,25,26)(H2,21,22,23);1H. The fraction of sp³-hybridized carbons (Fsp3) is 0.450. The average molecular weight is 499 g/mol. The second-order valence-electron chi connectivity index (χ2n) is 6.29. The molecule has 8 heteroatoms. The maximum absolute atomic E-state index is 11.6. The molecule has 0 fully saturated rings. The van der Waals surface area contributed by atoms with Gasteiger partial charge in [0.05, 0.1) is 18.8 Å². The van der Waals surface area contributed by atoms with E-state index in [2.05, 4.69) is 25.9 Å². The minimum absolute atomic E-state index is 0. The Balaban J connectivity index is 0.00000392. The Morgan fingerprint density at radius 1 is 1.14 bits per heavy atom. The van der Waals surface area contributed by atoms with Crippen molar-refractivity contribution >= 4 is 41.5 Å². The third-order valence-electron chi connectivity index (χ3n) is 3.96. The van der Waals surface area contributed by atoms with Crippen LogP contribution in [0.25, 0.3) is 0 Å². The van der Waals surface area contributed by atoms with Gasteiger partial charge in [0.15, 0.2) is 5.96 Å². The summed E-state index contributed by atoms with van der Waals surface area (Å²) in [4.78, 5) is 20.6. The van der Waals surface area contributed by atoms with Gasteiger partial charge in [-0.2, -0.15) is 0 Å². The lowest BCUT2D eigenvalue weighted by atomic mass is 10.2. The zero-order chi connectivity index (χ0) is 19.6. The molecule has 0 aliphatic rings. The summed E-state index contributed by atoms with van der Waals surface area (Å²) in [5.74, 6) is 2.22. The highest BCUT2D eigenvalue weighted by Gasteiger charge is 2.06. The van der Waals surface area contributed by atoms with E-state index in [0.717, 1.165) is 35.7 Å². The lowest BCUT2D eigenvalue weighted by molar-refractivity contribution is -0.116. The number of carbonyl (C=O) groups is 1. The van der Waals surface area contributed by atoms with Gasteiger partial charge in [-0.3, -0.25) is 4.79 Å². The normalized spacial score (nSPS) is 10.9. The molecule has 0 saturated heterocycles. The molecule has 0 bridgehead atoms. The monoisotopic (exact) mass is 499 g/mol. The highest BCUT2D eigenvalue weighted by Crippen LogP contribution is 2.11. The maximum Gasteiger partial charge on any atom is 0.224 e. The number of aryl methyl sites for hydroxylation is 2. The third-order valence-corrected chi connectivity index (χ3v) is 3.96. The molecule has 0 saturated carbocycles. The molecule has 3 N–H and O–H groups in total. The van der Waals surface area contributed by atoms with Crippen molar-refractivity contribution in [3.63, 3.8) is 0 Å². The molecule has 1 amide bonds. The zero-order valence-electron chi connectivity index (χ0n) is 17.0. The SMILES string of the molecule is CCCC(=O)Nc1ccc(CN=C(NCC)NCc2nc(C)c(C)o2)cc1.I. The summed E-state index contributed by atoms with van der Waals surface area (Å²) in [6, 6.07) is 7.74. The first kappa shape index (κ1) is 23.9. The highest BCUT2D eigenvalue weighted by molar-refractivity contribution is 14.0. The number of oxazole rings is 1. The molecular weight excluding hydrogens is 469 g/mol. The molecule has 0 aliphatic carbocycles. The summed E-state index contributed by atoms with van der Waals surface area (Å²) in [5.41, 5.74) is 2.77. The van der Waals surface area contributed by atoms with E-state index in [1.807, 2.05) is 52.0 Å². The molecule has 7 nitrogen and oxygen atoms in total. The molecule has 2 rings (SSSR count). The largest absolute Gasteiger partial charge is 0.444 e. The smallest absolute Gasteiger partial charge is 0.224 e. The van der Waals surface area contributed by atoms with Crippen LogP contribution < -0.4 is 16.0 Å². The van der Waals surface area contributed by atoms with E-state index in [0.29, 0.717) is 31.4 Å². The average Bonchev–Trinajstić information content (AvgIpc) is 2.96. The zero-order valence-corrected chi connectivity index (χ0v) is 19.3. The van der Waals surface area contributed by atoms with Gasteiger partial charge in [0, 0.05) is 18.7 Å². The molecule has 2 aromatic rings. The first-order valence-electron chi connectivity index (χ1n) is 9.35. The number of carbonyl (C=O) groups excluding carboxylic acids is 1. The highest BCUT2D eigenvalue weighted by atomic mass is 127. The number of halogens is 1. The summed E-state index contributed by atoms with van der Waals surface area (Å²) in [6.07, 6.45) is 1.37. The molecular formula is C20H30IN5O2. The maximum atomic E-state index is 11.6. The number of hydrogen-bond acceptors (Lipinski definition) is 4. The van der Waals surface area contributed by atoms with Crippen LogP contribution in [0.4, 0.5) is 5.69 Å². The van der Waals surface area contributed by atoms with Crippen LogP contribution in [0.1, 0.15) is 49.6 Å². The lowest BCUT2D eigenvalue weighted by Gasteiger charge is -2.10. The fourth-order valence-electron chi connectivity index (χ4n) is 2.43. The molecule has 1 aromatic heterocycles. The first-order chi connectivity index (χ1) is 13.0. The van der Waals surface area contributed by atoms with Gasteiger partial charge in [0.1, 0.15) is 5.76 Å². The molecule has 1 heterocycles. The van der Waals surface area contributed by atoms with Crippen molar-refractivity contribution in [2.75, 3.05) is 11.9 Å². The topological polar surface area (TPSA) is 91.5 Å². The van der Waals surface area contributed by atoms with Gasteiger partial charge >= 0.3 is 0 Å². The van der Waals surface area contributed by atoms with Crippen molar-refractivity contribution in [2.24, 2.45) is 4.99 Å². The number of guanidine groups is 1. The number of hydrogen-bond donors (Lipinski definition) is 3. The van der Waals surface area contributed by atoms with E-state index < -0.39 is 0 Å². The van der Waals surface area contributed by atoms with Gasteiger partial charge in [-0.05, 0) is 44.9 Å². The van der Waals surface area contributed by atoms with Gasteiger partial charge in [0.2, 0.25) is 11.8 Å². The van der Waals surface area contributed by atoms with Gasteiger partial charge in [-0.15, -0.1) is 24.0 Å². The van der Waals surface area contributed by atoms with Crippen LogP contribution in [0.5, 0.6) is 0 Å². The van der Waals surface area contributed by atoms with Gasteiger partial charge in [-0.25, -0.2) is 9.98 Å². The predicted octanol–water partition coefficient (Wildman–Crippen LogP) is 3.90. The van der Waals surface area contributed by atoms with Gasteiger partial charge in [-0.1, -0.05) is 19.1 Å². The minimum atomic E-state index is 0. The van der Waals surface area contributed by atoms with E-state index in [9.17, 15) is 4.79 Å². The Bertz CT molecular complexity index is 752. The van der Waals surface area contributed by atoms with Gasteiger partial charge < -0.3 is 20.4 Å². The Hall–Kier alpha value is -2.10. The molecule has 28 heavy (non-hydrogen) atoms. The van der Waals surface area contributed by atoms with E-state index in [1.54, 1.807) is 0 Å². The van der Waals surface area contributed by atoms with Crippen LogP contribution in [0.15, 0.2) is 33.7 Å². The van der Waals surface area contributed by atoms with Crippen molar-refractivity contribution in [1.29, 1.82) is 0 Å². The van der Waals surface area contributed by atoms with Crippen molar-refractivity contribution in [3.05, 3.63) is 47.2 Å². The Morgan fingerprint density at radius 3 is 2.43 bits per heavy atom. The minimum Gasteiger partial charge on any atom is -0.444 e. The molecule has 0 atom stereocenters. The summed E-state index contributed by atoms with van der Waals surface area (Å²) in [6.45, 7) is 9.60. The number of benzene rings is 1. The number of anilines is 1. The van der Waals surface area contributed by atoms with E-state index in [4.69, 9.17) is 4.42 Å². The molecule has 0 spiro atoms. The van der Waals surface area contributed by atoms with Crippen LogP contribution in [0.2, 0.25) is 0 Å². The molecule has 154 valence electrons. The van der Waals surface area contributed by atoms with Crippen LogP contribution in [-0.4, -0.2) is 23.4 Å². The summed E-state index contributed by atoms with van der Waals surface area (Å²) < 4.78 is 5.58. The van der Waals surface area contributed by atoms with E-state index in [-0.39, 0.29) is 29.9 Å². The van der Waals surface area contributed by atoms with Crippen LogP contribution in [-0.2, 0) is 17.9 Å². The lowest BCUT2D eigenvalue weighted by Crippen LogP contribution is -2.36. The Labute approximate surface area is 183 Å².